The molecule has 0 aliphatic carbocycles. The molecule has 0 spiro atoms. The number of rotatable bonds is 1. The molecule has 19 heavy (non-hydrogen) atoms. The summed E-state index contributed by atoms with van der Waals surface area (Å²) in [4.78, 5) is 4.56. The Morgan fingerprint density at radius 3 is 2.74 bits per heavy atom. The number of aromatic nitrogens is 2. The van der Waals surface area contributed by atoms with Crippen LogP contribution in [0.15, 0.2) is 40.9 Å². The number of hydrogen-bond donors (Lipinski definition) is 1. The van der Waals surface area contributed by atoms with Crippen molar-refractivity contribution in [2.24, 2.45) is 7.05 Å². The molecule has 0 fully saturated rings. The van der Waals surface area contributed by atoms with E-state index in [9.17, 15) is 5.11 Å². The molecule has 0 saturated heterocycles. The van der Waals surface area contributed by atoms with Crippen LogP contribution in [0.25, 0.3) is 22.4 Å². The topological polar surface area (TPSA) is 38.0 Å². The van der Waals surface area contributed by atoms with E-state index in [1.807, 2.05) is 29.8 Å². The van der Waals surface area contributed by atoms with Crippen molar-refractivity contribution in [2.75, 3.05) is 0 Å². The van der Waals surface area contributed by atoms with Gasteiger partial charge in [0, 0.05) is 16.5 Å². The van der Waals surface area contributed by atoms with Crippen LogP contribution in [0.1, 0.15) is 0 Å². The van der Waals surface area contributed by atoms with E-state index >= 15 is 0 Å². The first-order valence-electron chi connectivity index (χ1n) is 5.67. The molecular weight excluding hydrogens is 328 g/mol. The molecule has 0 aliphatic rings. The van der Waals surface area contributed by atoms with Gasteiger partial charge in [0.1, 0.15) is 11.6 Å². The number of benzene rings is 2. The van der Waals surface area contributed by atoms with Crippen LogP contribution in [0.4, 0.5) is 0 Å². The molecule has 5 heteroatoms. The molecule has 0 saturated carbocycles. The molecule has 3 rings (SSSR count). The van der Waals surface area contributed by atoms with Gasteiger partial charge < -0.3 is 9.67 Å². The highest BCUT2D eigenvalue weighted by molar-refractivity contribution is 9.10. The minimum atomic E-state index is 0.130. The molecule has 2 aromatic carbocycles. The van der Waals surface area contributed by atoms with Gasteiger partial charge >= 0.3 is 0 Å². The van der Waals surface area contributed by atoms with Crippen LogP contribution in [0.5, 0.6) is 5.75 Å². The summed E-state index contributed by atoms with van der Waals surface area (Å²) in [5.41, 5.74) is 2.55. The zero-order valence-corrected chi connectivity index (χ0v) is 12.4. The summed E-state index contributed by atoms with van der Waals surface area (Å²) in [7, 11) is 1.92. The van der Waals surface area contributed by atoms with Crippen molar-refractivity contribution in [1.29, 1.82) is 0 Å². The number of phenolic OH excluding ortho intramolecular Hbond substituents is 1. The van der Waals surface area contributed by atoms with E-state index < -0.39 is 0 Å². The Morgan fingerprint density at radius 2 is 2.00 bits per heavy atom. The van der Waals surface area contributed by atoms with Crippen LogP contribution < -0.4 is 0 Å². The summed E-state index contributed by atoms with van der Waals surface area (Å²) in [5.74, 6) is 0.840. The summed E-state index contributed by atoms with van der Waals surface area (Å²) in [6.07, 6.45) is 0. The highest BCUT2D eigenvalue weighted by atomic mass is 79.9. The van der Waals surface area contributed by atoms with E-state index in [2.05, 4.69) is 20.9 Å². The number of aromatic hydroxyl groups is 1. The predicted octanol–water partition coefficient (Wildman–Crippen LogP) is 4.36. The standard InChI is InChI=1S/C14H10BrClN2O/c1-18-12-5-2-8(15)6-11(12)17-14(18)10-4-3-9(16)7-13(10)19/h2-7,19H,1H3. The Labute approximate surface area is 123 Å². The smallest absolute Gasteiger partial charge is 0.144 e. The molecule has 0 amide bonds. The third-order valence-electron chi connectivity index (χ3n) is 3.04. The lowest BCUT2D eigenvalue weighted by Gasteiger charge is -2.05. The average molecular weight is 338 g/mol. The van der Waals surface area contributed by atoms with Crippen molar-refractivity contribution in [3.63, 3.8) is 0 Å². The van der Waals surface area contributed by atoms with Gasteiger partial charge in [-0.3, -0.25) is 0 Å². The molecule has 0 radical (unpaired) electrons. The molecule has 96 valence electrons. The van der Waals surface area contributed by atoms with Gasteiger partial charge in [0.15, 0.2) is 0 Å². The first-order chi connectivity index (χ1) is 9.06. The van der Waals surface area contributed by atoms with Crippen LogP contribution in [0.3, 0.4) is 0 Å². The lowest BCUT2D eigenvalue weighted by molar-refractivity contribution is 0.476. The molecule has 0 atom stereocenters. The summed E-state index contributed by atoms with van der Waals surface area (Å²) in [6, 6.07) is 10.9. The maximum Gasteiger partial charge on any atom is 0.144 e. The van der Waals surface area contributed by atoms with Crippen molar-refractivity contribution < 1.29 is 5.11 Å². The van der Waals surface area contributed by atoms with Gasteiger partial charge in [0.25, 0.3) is 0 Å². The number of hydrogen-bond acceptors (Lipinski definition) is 2. The molecular formula is C14H10BrClN2O. The van der Waals surface area contributed by atoms with E-state index in [0.29, 0.717) is 16.4 Å². The summed E-state index contributed by atoms with van der Waals surface area (Å²) < 4.78 is 2.93. The van der Waals surface area contributed by atoms with Crippen LogP contribution in [0.2, 0.25) is 5.02 Å². The SMILES string of the molecule is Cn1c(-c2ccc(Cl)cc2O)nc2cc(Br)ccc21. The highest BCUT2D eigenvalue weighted by Crippen LogP contribution is 2.33. The average Bonchev–Trinajstić information content (AvgIpc) is 2.66. The van der Waals surface area contributed by atoms with Crippen molar-refractivity contribution in [2.45, 2.75) is 0 Å². The van der Waals surface area contributed by atoms with Crippen molar-refractivity contribution in [3.05, 3.63) is 45.9 Å². The Morgan fingerprint density at radius 1 is 1.21 bits per heavy atom. The molecule has 1 heterocycles. The van der Waals surface area contributed by atoms with Crippen LogP contribution in [0, 0.1) is 0 Å². The van der Waals surface area contributed by atoms with Gasteiger partial charge in [-0.05, 0) is 36.4 Å². The molecule has 1 aromatic heterocycles. The third-order valence-corrected chi connectivity index (χ3v) is 3.77. The number of nitrogens with zero attached hydrogens (tertiary/aromatic N) is 2. The number of fused-ring (bicyclic) bond motifs is 1. The van der Waals surface area contributed by atoms with Gasteiger partial charge in [-0.25, -0.2) is 4.98 Å². The second kappa shape index (κ2) is 4.54. The Hall–Kier alpha value is -1.52. The number of halogens is 2. The van der Waals surface area contributed by atoms with E-state index in [0.717, 1.165) is 15.5 Å². The first kappa shape index (κ1) is 12.5. The van der Waals surface area contributed by atoms with E-state index in [4.69, 9.17) is 11.6 Å². The second-order valence-electron chi connectivity index (χ2n) is 4.29. The first-order valence-corrected chi connectivity index (χ1v) is 6.84. The number of imidazole rings is 1. The van der Waals surface area contributed by atoms with Crippen molar-refractivity contribution >= 4 is 38.6 Å². The highest BCUT2D eigenvalue weighted by Gasteiger charge is 2.13. The summed E-state index contributed by atoms with van der Waals surface area (Å²) >= 11 is 9.28. The zero-order valence-electron chi connectivity index (χ0n) is 10.1. The largest absolute Gasteiger partial charge is 0.507 e. The number of aryl methyl sites for hydroxylation is 1. The van der Waals surface area contributed by atoms with E-state index in [1.54, 1.807) is 12.1 Å². The van der Waals surface area contributed by atoms with Gasteiger partial charge in [-0.2, -0.15) is 0 Å². The van der Waals surface area contributed by atoms with Gasteiger partial charge in [0.05, 0.1) is 16.6 Å². The van der Waals surface area contributed by atoms with Crippen molar-refractivity contribution in [3.8, 4) is 17.1 Å². The zero-order chi connectivity index (χ0) is 13.6. The molecule has 3 aromatic rings. The molecule has 0 aliphatic heterocycles. The lowest BCUT2D eigenvalue weighted by atomic mass is 10.2. The van der Waals surface area contributed by atoms with Crippen LogP contribution in [-0.2, 0) is 7.05 Å². The third kappa shape index (κ3) is 2.11. The maximum atomic E-state index is 10.0. The maximum absolute atomic E-state index is 10.0. The fraction of sp³-hybridized carbons (Fsp3) is 0.0714. The quantitative estimate of drug-likeness (QED) is 0.716. The van der Waals surface area contributed by atoms with Crippen molar-refractivity contribution in [1.82, 2.24) is 9.55 Å². The molecule has 0 unspecified atom stereocenters. The predicted molar refractivity (Wildman–Crippen MR) is 80.5 cm³/mol. The summed E-state index contributed by atoms with van der Waals surface area (Å²) in [5, 5.41) is 10.5. The number of phenols is 1. The second-order valence-corrected chi connectivity index (χ2v) is 5.64. The van der Waals surface area contributed by atoms with Gasteiger partial charge in [-0.15, -0.1) is 0 Å². The van der Waals surface area contributed by atoms with Gasteiger partial charge in [0.2, 0.25) is 0 Å². The Balaban J connectivity index is 2.27. The lowest BCUT2D eigenvalue weighted by Crippen LogP contribution is -1.92. The monoisotopic (exact) mass is 336 g/mol. The van der Waals surface area contributed by atoms with Crippen LogP contribution >= 0.6 is 27.5 Å². The fourth-order valence-electron chi connectivity index (χ4n) is 2.11. The van der Waals surface area contributed by atoms with Gasteiger partial charge in [-0.1, -0.05) is 27.5 Å². The minimum Gasteiger partial charge on any atom is -0.507 e. The van der Waals surface area contributed by atoms with E-state index in [-0.39, 0.29) is 5.75 Å². The Bertz CT molecular complexity index is 782. The van der Waals surface area contributed by atoms with E-state index in [1.165, 1.54) is 6.07 Å². The summed E-state index contributed by atoms with van der Waals surface area (Å²) in [6.45, 7) is 0. The Kier molecular flexibility index (Phi) is 2.99. The normalized spacial score (nSPS) is 11.1. The molecule has 0 bridgehead atoms. The van der Waals surface area contributed by atoms with Crippen LogP contribution in [-0.4, -0.2) is 14.7 Å². The molecule has 1 N–H and O–H groups in total. The fourth-order valence-corrected chi connectivity index (χ4v) is 2.62. The minimum absolute atomic E-state index is 0.130. The molecule has 3 nitrogen and oxygen atoms in total.